The van der Waals surface area contributed by atoms with E-state index in [2.05, 4.69) is 20.3 Å². The van der Waals surface area contributed by atoms with Gasteiger partial charge >= 0.3 is 6.09 Å². The molecule has 6 heteroatoms. The Balaban J connectivity index is 1.92. The van der Waals surface area contributed by atoms with Gasteiger partial charge in [-0.3, -0.25) is 0 Å². The Bertz CT molecular complexity index is 196. The van der Waals surface area contributed by atoms with Crippen LogP contribution >= 0.6 is 0 Å². The summed E-state index contributed by atoms with van der Waals surface area (Å²) in [7, 11) is 0. The smallest absolute Gasteiger partial charge is 0.407 e. The highest BCUT2D eigenvalue weighted by Gasteiger charge is 2.08. The molecule has 1 aliphatic heterocycles. The van der Waals surface area contributed by atoms with Gasteiger partial charge in [0.05, 0.1) is 6.61 Å². The first-order chi connectivity index (χ1) is 7.83. The Morgan fingerprint density at radius 1 is 1.44 bits per heavy atom. The summed E-state index contributed by atoms with van der Waals surface area (Å²) in [4.78, 5) is 13.4. The summed E-state index contributed by atoms with van der Waals surface area (Å²) in [5, 5.41) is 14.4. The van der Waals surface area contributed by atoms with Gasteiger partial charge in [0.2, 0.25) is 0 Å². The van der Waals surface area contributed by atoms with Gasteiger partial charge in [-0.15, -0.1) is 0 Å². The van der Waals surface area contributed by atoms with E-state index < -0.39 is 6.09 Å². The molecule has 0 radical (unpaired) electrons. The fourth-order valence-corrected chi connectivity index (χ4v) is 1.62. The second-order valence-corrected chi connectivity index (χ2v) is 3.73. The molecule has 1 heterocycles. The Labute approximate surface area is 95.9 Å². The number of ether oxygens (including phenoxy) is 1. The molecule has 1 saturated heterocycles. The quantitative estimate of drug-likeness (QED) is 0.511. The molecule has 1 fully saturated rings. The summed E-state index contributed by atoms with van der Waals surface area (Å²) in [6.45, 7) is 5.80. The third kappa shape index (κ3) is 5.89. The lowest BCUT2D eigenvalue weighted by Crippen LogP contribution is -2.44. The maximum absolute atomic E-state index is 11.0. The van der Waals surface area contributed by atoms with E-state index in [-0.39, 0.29) is 13.2 Å². The Hall–Kier alpha value is -0.850. The van der Waals surface area contributed by atoms with Crippen molar-refractivity contribution < 1.29 is 14.6 Å². The number of carbonyl (C=O) groups is 1. The predicted octanol–water partition coefficient (Wildman–Crippen LogP) is -1.000. The molecule has 0 unspecified atom stereocenters. The molecule has 0 aromatic carbocycles. The predicted molar refractivity (Wildman–Crippen MR) is 60.4 cm³/mol. The number of aliphatic hydroxyl groups is 1. The molecule has 0 aliphatic carbocycles. The Morgan fingerprint density at radius 3 is 2.88 bits per heavy atom. The molecule has 1 rings (SSSR count). The van der Waals surface area contributed by atoms with Gasteiger partial charge in [0, 0.05) is 32.7 Å². The van der Waals surface area contributed by atoms with Crippen LogP contribution in [0.1, 0.15) is 6.42 Å². The zero-order chi connectivity index (χ0) is 11.6. The number of nitrogens with zero attached hydrogens (tertiary/aromatic N) is 1. The van der Waals surface area contributed by atoms with Crippen molar-refractivity contribution in [2.24, 2.45) is 0 Å². The number of hydrogen-bond acceptors (Lipinski definition) is 5. The van der Waals surface area contributed by atoms with Crippen molar-refractivity contribution in [3.63, 3.8) is 0 Å². The molecule has 1 amide bonds. The standard InChI is InChI=1S/C10H21N3O3/c14-8-9-16-10(15)12-2-1-5-13-6-3-11-4-7-13/h11,14H,1-9H2,(H,12,15). The highest BCUT2D eigenvalue weighted by molar-refractivity contribution is 5.66. The number of rotatable bonds is 6. The van der Waals surface area contributed by atoms with Crippen LogP contribution in [0.25, 0.3) is 0 Å². The van der Waals surface area contributed by atoms with Crippen molar-refractivity contribution in [2.45, 2.75) is 6.42 Å². The number of piperazine rings is 1. The van der Waals surface area contributed by atoms with Gasteiger partial charge in [-0.1, -0.05) is 0 Å². The monoisotopic (exact) mass is 231 g/mol. The molecular weight excluding hydrogens is 210 g/mol. The summed E-state index contributed by atoms with van der Waals surface area (Å²) < 4.78 is 4.66. The lowest BCUT2D eigenvalue weighted by atomic mass is 10.3. The number of nitrogens with one attached hydrogen (secondary N) is 2. The van der Waals surface area contributed by atoms with E-state index in [9.17, 15) is 4.79 Å². The highest BCUT2D eigenvalue weighted by atomic mass is 16.6. The average Bonchev–Trinajstić information content (AvgIpc) is 2.33. The first-order valence-electron chi connectivity index (χ1n) is 5.77. The maximum Gasteiger partial charge on any atom is 0.407 e. The molecule has 0 saturated carbocycles. The van der Waals surface area contributed by atoms with Crippen LogP contribution in [-0.2, 0) is 4.74 Å². The van der Waals surface area contributed by atoms with Gasteiger partial charge in [-0.05, 0) is 13.0 Å². The first-order valence-corrected chi connectivity index (χ1v) is 5.77. The van der Waals surface area contributed by atoms with Crippen LogP contribution in [0.3, 0.4) is 0 Å². The number of hydrogen-bond donors (Lipinski definition) is 3. The van der Waals surface area contributed by atoms with E-state index in [0.717, 1.165) is 39.1 Å². The summed E-state index contributed by atoms with van der Waals surface area (Å²) in [6, 6.07) is 0. The van der Waals surface area contributed by atoms with Gasteiger partial charge in [0.25, 0.3) is 0 Å². The highest BCUT2D eigenvalue weighted by Crippen LogP contribution is 1.93. The molecule has 0 aromatic heterocycles. The van der Waals surface area contributed by atoms with E-state index in [4.69, 9.17) is 5.11 Å². The van der Waals surface area contributed by atoms with E-state index in [1.807, 2.05) is 0 Å². The molecule has 94 valence electrons. The van der Waals surface area contributed by atoms with Crippen molar-refractivity contribution in [1.82, 2.24) is 15.5 Å². The lowest BCUT2D eigenvalue weighted by molar-refractivity contribution is 0.118. The van der Waals surface area contributed by atoms with Crippen molar-refractivity contribution in [3.05, 3.63) is 0 Å². The van der Waals surface area contributed by atoms with Crippen LogP contribution in [0.15, 0.2) is 0 Å². The van der Waals surface area contributed by atoms with E-state index in [1.54, 1.807) is 0 Å². The molecule has 0 bridgehead atoms. The van der Waals surface area contributed by atoms with Crippen LogP contribution in [0.5, 0.6) is 0 Å². The van der Waals surface area contributed by atoms with Crippen LogP contribution in [0.2, 0.25) is 0 Å². The van der Waals surface area contributed by atoms with E-state index in [0.29, 0.717) is 6.54 Å². The Kier molecular flexibility index (Phi) is 6.87. The molecule has 6 nitrogen and oxygen atoms in total. The summed E-state index contributed by atoms with van der Waals surface area (Å²) in [6.07, 6.45) is 0.475. The Morgan fingerprint density at radius 2 is 2.19 bits per heavy atom. The summed E-state index contributed by atoms with van der Waals surface area (Å²) >= 11 is 0. The van der Waals surface area contributed by atoms with Gasteiger partial charge in [-0.2, -0.15) is 0 Å². The minimum atomic E-state index is -0.450. The number of alkyl carbamates (subject to hydrolysis) is 1. The molecule has 3 N–H and O–H groups in total. The molecule has 16 heavy (non-hydrogen) atoms. The lowest BCUT2D eigenvalue weighted by Gasteiger charge is -2.26. The van der Waals surface area contributed by atoms with E-state index in [1.165, 1.54) is 0 Å². The van der Waals surface area contributed by atoms with Crippen molar-refractivity contribution in [1.29, 1.82) is 0 Å². The molecule has 1 aliphatic rings. The zero-order valence-electron chi connectivity index (χ0n) is 9.57. The number of carbonyl (C=O) groups excluding carboxylic acids is 1. The number of amides is 1. The maximum atomic E-state index is 11.0. The third-order valence-corrected chi connectivity index (χ3v) is 2.45. The average molecular weight is 231 g/mol. The largest absolute Gasteiger partial charge is 0.447 e. The minimum Gasteiger partial charge on any atom is -0.447 e. The third-order valence-electron chi connectivity index (χ3n) is 2.45. The zero-order valence-corrected chi connectivity index (χ0v) is 9.57. The van der Waals surface area contributed by atoms with Crippen LogP contribution in [0, 0.1) is 0 Å². The number of aliphatic hydroxyl groups excluding tert-OH is 1. The van der Waals surface area contributed by atoms with Gasteiger partial charge in [0.15, 0.2) is 0 Å². The SMILES string of the molecule is O=C(NCCCN1CCNCC1)OCCO. The van der Waals surface area contributed by atoms with Crippen LogP contribution in [-0.4, -0.2) is 68.6 Å². The van der Waals surface area contributed by atoms with Gasteiger partial charge in [0.1, 0.15) is 6.61 Å². The van der Waals surface area contributed by atoms with Gasteiger partial charge in [-0.25, -0.2) is 4.79 Å². The molecule has 0 spiro atoms. The minimum absolute atomic E-state index is 0.0592. The second-order valence-electron chi connectivity index (χ2n) is 3.73. The van der Waals surface area contributed by atoms with Crippen molar-refractivity contribution >= 4 is 6.09 Å². The normalized spacial score (nSPS) is 17.1. The fourth-order valence-electron chi connectivity index (χ4n) is 1.62. The van der Waals surface area contributed by atoms with Gasteiger partial charge < -0.3 is 25.4 Å². The molecular formula is C10H21N3O3. The van der Waals surface area contributed by atoms with Crippen LogP contribution < -0.4 is 10.6 Å². The van der Waals surface area contributed by atoms with Crippen molar-refractivity contribution in [3.8, 4) is 0 Å². The molecule has 0 atom stereocenters. The molecule has 0 aromatic rings. The summed E-state index contributed by atoms with van der Waals surface area (Å²) in [5.74, 6) is 0. The second kappa shape index (κ2) is 8.32. The van der Waals surface area contributed by atoms with Crippen molar-refractivity contribution in [2.75, 3.05) is 52.5 Å². The summed E-state index contributed by atoms with van der Waals surface area (Å²) in [5.41, 5.74) is 0. The topological polar surface area (TPSA) is 73.8 Å². The first kappa shape index (κ1) is 13.2. The fraction of sp³-hybridized carbons (Fsp3) is 0.900. The van der Waals surface area contributed by atoms with Crippen LogP contribution in [0.4, 0.5) is 4.79 Å². The van der Waals surface area contributed by atoms with E-state index >= 15 is 0 Å².